The molecule has 2 aromatic heterocycles. The third kappa shape index (κ3) is 7.51. The molecule has 0 spiro atoms. The van der Waals surface area contributed by atoms with Gasteiger partial charge in [-0.05, 0) is 42.0 Å². The second-order valence-corrected chi connectivity index (χ2v) is 9.89. The molecule has 4 N–H and O–H groups in total. The number of carbonyl (C=O) groups is 3. The fourth-order valence-electron chi connectivity index (χ4n) is 3.65. The van der Waals surface area contributed by atoms with Gasteiger partial charge in [0.2, 0.25) is 5.91 Å². The van der Waals surface area contributed by atoms with Crippen molar-refractivity contribution in [2.75, 3.05) is 17.2 Å². The molecule has 4 amide bonds. The van der Waals surface area contributed by atoms with Crippen LogP contribution >= 0.6 is 0 Å². The molecule has 39 heavy (non-hydrogen) atoms. The largest absolute Gasteiger partial charge is 0.350 e. The van der Waals surface area contributed by atoms with Gasteiger partial charge in [0.05, 0.1) is 23.5 Å². The molecule has 10 heteroatoms. The van der Waals surface area contributed by atoms with E-state index in [2.05, 4.69) is 26.3 Å². The van der Waals surface area contributed by atoms with E-state index in [0.29, 0.717) is 17.1 Å². The highest BCUT2D eigenvalue weighted by Gasteiger charge is 2.22. The Morgan fingerprint density at radius 3 is 2.38 bits per heavy atom. The molecule has 0 radical (unpaired) electrons. The molecule has 2 heterocycles. The van der Waals surface area contributed by atoms with Crippen molar-refractivity contribution < 1.29 is 14.4 Å². The first-order valence-electron chi connectivity index (χ1n) is 12.5. The number of pyridine rings is 1. The molecule has 0 saturated heterocycles. The number of aromatic nitrogens is 3. The first kappa shape index (κ1) is 27.1. The second-order valence-electron chi connectivity index (χ2n) is 9.89. The van der Waals surface area contributed by atoms with E-state index < -0.39 is 0 Å². The molecule has 0 aliphatic rings. The molecule has 0 atom stereocenters. The highest BCUT2D eigenvalue weighted by atomic mass is 16.2. The number of hydrogen-bond acceptors (Lipinski definition) is 5. The summed E-state index contributed by atoms with van der Waals surface area (Å²) in [6.07, 6.45) is 3.01. The number of nitrogens with zero attached hydrogens (tertiary/aromatic N) is 3. The molecule has 4 rings (SSSR count). The lowest BCUT2D eigenvalue weighted by molar-refractivity contribution is -0.120. The van der Waals surface area contributed by atoms with Gasteiger partial charge in [-0.25, -0.2) is 9.48 Å². The van der Waals surface area contributed by atoms with Gasteiger partial charge in [-0.3, -0.25) is 19.9 Å². The number of para-hydroxylation sites is 1. The summed E-state index contributed by atoms with van der Waals surface area (Å²) < 4.78 is 1.67. The summed E-state index contributed by atoms with van der Waals surface area (Å²) in [4.78, 5) is 41.1. The Labute approximate surface area is 226 Å². The molecule has 10 nitrogen and oxygen atoms in total. The van der Waals surface area contributed by atoms with E-state index in [-0.39, 0.29) is 36.3 Å². The van der Waals surface area contributed by atoms with Crippen molar-refractivity contribution in [1.82, 2.24) is 25.4 Å². The highest BCUT2D eigenvalue weighted by molar-refractivity contribution is 5.99. The summed E-state index contributed by atoms with van der Waals surface area (Å²) >= 11 is 0. The minimum Gasteiger partial charge on any atom is -0.350 e. The number of benzene rings is 2. The highest BCUT2D eigenvalue weighted by Crippen LogP contribution is 2.27. The summed E-state index contributed by atoms with van der Waals surface area (Å²) in [6.45, 7) is 6.23. The van der Waals surface area contributed by atoms with Crippen LogP contribution in [-0.2, 0) is 16.8 Å². The molecule has 200 valence electrons. The molecular formula is C29H31N7O3. The van der Waals surface area contributed by atoms with Crippen molar-refractivity contribution in [3.05, 3.63) is 102 Å². The molecule has 0 bridgehead atoms. The van der Waals surface area contributed by atoms with Gasteiger partial charge >= 0.3 is 6.03 Å². The Hall–Kier alpha value is -4.99. The number of anilines is 2. The van der Waals surface area contributed by atoms with Crippen LogP contribution in [0, 0.1) is 0 Å². The van der Waals surface area contributed by atoms with E-state index >= 15 is 0 Å². The van der Waals surface area contributed by atoms with Gasteiger partial charge in [0, 0.05) is 36.1 Å². The van der Waals surface area contributed by atoms with E-state index in [9.17, 15) is 14.4 Å². The van der Waals surface area contributed by atoms with Crippen LogP contribution < -0.4 is 21.3 Å². The number of amides is 4. The third-order valence-electron chi connectivity index (χ3n) is 5.73. The van der Waals surface area contributed by atoms with Crippen molar-refractivity contribution in [1.29, 1.82) is 0 Å². The van der Waals surface area contributed by atoms with Gasteiger partial charge < -0.3 is 16.0 Å². The molecular weight excluding hydrogens is 494 g/mol. The van der Waals surface area contributed by atoms with Gasteiger partial charge in [-0.1, -0.05) is 51.1 Å². The topological polar surface area (TPSA) is 130 Å². The van der Waals surface area contributed by atoms with Crippen molar-refractivity contribution >= 4 is 29.4 Å². The first-order valence-corrected chi connectivity index (χ1v) is 12.5. The summed E-state index contributed by atoms with van der Waals surface area (Å²) in [5.74, 6) is -0.191. The summed E-state index contributed by atoms with van der Waals surface area (Å²) in [5, 5.41) is 15.9. The average Bonchev–Trinajstić information content (AvgIpc) is 3.36. The average molecular weight is 526 g/mol. The second kappa shape index (κ2) is 12.0. The molecule has 0 aliphatic heterocycles. The van der Waals surface area contributed by atoms with Crippen LogP contribution in [0.3, 0.4) is 0 Å². The normalized spacial score (nSPS) is 10.9. The van der Waals surface area contributed by atoms with Crippen LogP contribution in [0.15, 0.2) is 85.2 Å². The van der Waals surface area contributed by atoms with Gasteiger partial charge in [0.15, 0.2) is 0 Å². The van der Waals surface area contributed by atoms with Crippen LogP contribution in [0.1, 0.15) is 42.4 Å². The predicted molar refractivity (Wildman–Crippen MR) is 150 cm³/mol. The molecule has 0 unspecified atom stereocenters. The number of urea groups is 1. The van der Waals surface area contributed by atoms with Crippen LogP contribution in [0.2, 0.25) is 0 Å². The van der Waals surface area contributed by atoms with Crippen molar-refractivity contribution in [2.45, 2.75) is 32.7 Å². The number of carbonyl (C=O) groups excluding carboxylic acids is 3. The van der Waals surface area contributed by atoms with E-state index in [0.717, 1.165) is 16.9 Å². The lowest BCUT2D eigenvalue weighted by Gasteiger charge is -2.14. The standard InChI is InChI=1S/C29H31N7O3/c1-29(2,3)24-16-25(34-28(39)33-22-11-5-4-6-12-22)36(35-24)23-13-7-9-20(15-23)17-31-26(37)19-32-27(38)21-10-8-14-30-18-21/h4-16,18H,17,19H2,1-3H3,(H,31,37)(H,32,38)(H2,33,34,39). The third-order valence-corrected chi connectivity index (χ3v) is 5.73. The summed E-state index contributed by atoms with van der Waals surface area (Å²) in [7, 11) is 0. The molecule has 4 aromatic rings. The first-order chi connectivity index (χ1) is 18.7. The van der Waals surface area contributed by atoms with E-state index in [1.807, 2.05) is 69.3 Å². The molecule has 0 aliphatic carbocycles. The Bertz CT molecular complexity index is 1440. The van der Waals surface area contributed by atoms with Crippen molar-refractivity contribution in [3.63, 3.8) is 0 Å². The Morgan fingerprint density at radius 2 is 1.67 bits per heavy atom. The number of hydrogen-bond donors (Lipinski definition) is 4. The van der Waals surface area contributed by atoms with Gasteiger partial charge in [0.1, 0.15) is 5.82 Å². The van der Waals surface area contributed by atoms with Crippen LogP contribution in [0.25, 0.3) is 5.69 Å². The van der Waals surface area contributed by atoms with Crippen LogP contribution in [0.5, 0.6) is 0 Å². The van der Waals surface area contributed by atoms with E-state index in [1.165, 1.54) is 6.20 Å². The fourth-order valence-corrected chi connectivity index (χ4v) is 3.65. The lowest BCUT2D eigenvalue weighted by atomic mass is 9.92. The molecule has 0 saturated carbocycles. The smallest absolute Gasteiger partial charge is 0.324 e. The van der Waals surface area contributed by atoms with Crippen molar-refractivity contribution in [2.24, 2.45) is 0 Å². The zero-order chi connectivity index (χ0) is 27.8. The Balaban J connectivity index is 1.44. The van der Waals surface area contributed by atoms with E-state index in [4.69, 9.17) is 5.10 Å². The maximum absolute atomic E-state index is 12.7. The van der Waals surface area contributed by atoms with Gasteiger partial charge in [-0.15, -0.1) is 0 Å². The predicted octanol–water partition coefficient (Wildman–Crippen LogP) is 4.26. The maximum atomic E-state index is 12.7. The Morgan fingerprint density at radius 1 is 0.872 bits per heavy atom. The van der Waals surface area contributed by atoms with Gasteiger partial charge in [0.25, 0.3) is 5.91 Å². The zero-order valence-electron chi connectivity index (χ0n) is 22.1. The molecule has 0 fully saturated rings. The zero-order valence-corrected chi connectivity index (χ0v) is 22.1. The fraction of sp³-hybridized carbons (Fsp3) is 0.207. The Kier molecular flexibility index (Phi) is 8.35. The summed E-state index contributed by atoms with van der Waals surface area (Å²) in [5.41, 5.74) is 3.16. The number of rotatable bonds is 8. The van der Waals surface area contributed by atoms with Crippen LogP contribution in [0.4, 0.5) is 16.3 Å². The maximum Gasteiger partial charge on any atom is 0.324 e. The SMILES string of the molecule is CC(C)(C)c1cc(NC(=O)Nc2ccccc2)n(-c2cccc(CNC(=O)CNC(=O)c3cccnc3)c2)n1. The van der Waals surface area contributed by atoms with Crippen molar-refractivity contribution in [3.8, 4) is 5.69 Å². The quantitative estimate of drug-likeness (QED) is 0.273. The monoisotopic (exact) mass is 525 g/mol. The van der Waals surface area contributed by atoms with Gasteiger partial charge in [-0.2, -0.15) is 5.10 Å². The minimum absolute atomic E-state index is 0.161. The minimum atomic E-state index is -0.389. The van der Waals surface area contributed by atoms with E-state index in [1.54, 1.807) is 35.1 Å². The molecule has 2 aromatic carbocycles. The van der Waals surface area contributed by atoms with Crippen LogP contribution in [-0.4, -0.2) is 39.2 Å². The lowest BCUT2D eigenvalue weighted by Crippen LogP contribution is -2.36. The number of nitrogens with one attached hydrogen (secondary N) is 4. The summed E-state index contributed by atoms with van der Waals surface area (Å²) in [6, 6.07) is 21.4.